The molecular weight excluding hydrogens is 1510 g/mol. The van der Waals surface area contributed by atoms with Crippen LogP contribution >= 0.6 is 0 Å². The number of benzene rings is 12. The molecule has 0 fully saturated rings. The van der Waals surface area contributed by atoms with E-state index in [1.165, 1.54) is 18.6 Å². The predicted molar refractivity (Wildman–Crippen MR) is 473 cm³/mol. The molecule has 0 atom stereocenters. The van der Waals surface area contributed by atoms with Crippen LogP contribution in [0.25, 0.3) is 243 Å². The number of rotatable bonds is 15. The minimum absolute atomic E-state index is 0.267. The van der Waals surface area contributed by atoms with Gasteiger partial charge >= 0.3 is 0 Å². The van der Waals surface area contributed by atoms with Crippen molar-refractivity contribution in [2.45, 2.75) is 38.9 Å². The maximum Gasteiger partial charge on any atom is 0.0587 e. The number of anilines is 6. The number of hydrogen-bond donors (Lipinski definition) is 9. The lowest BCUT2D eigenvalue weighted by molar-refractivity contribution is 1.03. The molecule has 0 radical (unpaired) electrons. The monoisotopic (exact) mass is 1570 g/mol. The van der Waals surface area contributed by atoms with Crippen molar-refractivity contribution in [3.05, 3.63) is 343 Å². The van der Waals surface area contributed by atoms with E-state index in [4.69, 9.17) is 49.8 Å². The molecule has 0 amide bonds. The summed E-state index contributed by atoms with van der Waals surface area (Å²) in [5.74, 6) is 0. The van der Waals surface area contributed by atoms with Crippen LogP contribution in [0.15, 0.2) is 228 Å². The summed E-state index contributed by atoms with van der Waals surface area (Å²) in [5, 5.41) is 56.4. The second-order valence-corrected chi connectivity index (χ2v) is 28.6. The lowest BCUT2D eigenvalue weighted by Crippen LogP contribution is -2.08. The fourth-order valence-electron chi connectivity index (χ4n) is 17.2. The highest BCUT2D eigenvalue weighted by Gasteiger charge is 2.31. The number of H-pyrrole nitrogens is 6. The first-order valence-electron chi connectivity index (χ1n) is 37.2. The molecule has 12 aromatic carbocycles. The Labute approximate surface area is 670 Å². The fourth-order valence-corrected chi connectivity index (χ4v) is 17.2. The van der Waals surface area contributed by atoms with Gasteiger partial charge in [0.2, 0.25) is 0 Å². The zero-order chi connectivity index (χ0) is 81.6. The molecule has 0 spiro atoms. The Bertz CT molecular complexity index is 8160. The maximum absolute atomic E-state index is 8.99. The van der Waals surface area contributed by atoms with Gasteiger partial charge in [-0.05, 0) is 203 Å². The average molecular weight is 1570 g/mol. The molecule has 3 aliphatic rings. The molecule has 36 heteroatoms. The number of hydrogen-bond acceptors (Lipinski definition) is 12. The molecule has 9 heterocycles. The van der Waals surface area contributed by atoms with Crippen molar-refractivity contribution in [2.24, 2.45) is 46.0 Å². The molecule has 0 unspecified atom stereocenters. The van der Waals surface area contributed by atoms with Crippen molar-refractivity contribution in [1.82, 2.24) is 29.9 Å². The summed E-state index contributed by atoms with van der Waals surface area (Å²) >= 11 is 0. The van der Waals surface area contributed by atoms with Gasteiger partial charge in [0.15, 0.2) is 0 Å². The quantitative estimate of drug-likeness (QED) is 0.0275. The van der Waals surface area contributed by atoms with E-state index in [2.05, 4.69) is 172 Å². The highest BCUT2D eigenvalue weighted by atomic mass is 15.2. The summed E-state index contributed by atoms with van der Waals surface area (Å²) in [4.78, 5) is 47.8. The number of aromatic nitrogens is 6. The minimum Gasteiger partial charge on any atom is -0.354 e. The van der Waals surface area contributed by atoms with Gasteiger partial charge in [0.25, 0.3) is 0 Å². The van der Waals surface area contributed by atoms with E-state index in [1.807, 2.05) is 109 Å². The number of nitrogens with one attached hydrogen (secondary N) is 9. The summed E-state index contributed by atoms with van der Waals surface area (Å²) in [6.45, 7) is 0.830. The Balaban J connectivity index is 0.000000119. The first-order chi connectivity index (χ1) is 59.0. The number of azide groups is 9. The van der Waals surface area contributed by atoms with Crippen LogP contribution in [-0.2, 0) is 38.9 Å². The molecule has 570 valence electrons. The molecule has 0 saturated carbocycles. The third-order valence-corrected chi connectivity index (χ3v) is 22.1. The van der Waals surface area contributed by atoms with E-state index in [1.54, 1.807) is 36.4 Å². The van der Waals surface area contributed by atoms with E-state index in [0.717, 1.165) is 232 Å². The zero-order valence-electron chi connectivity index (χ0n) is 62.4. The van der Waals surface area contributed by atoms with Gasteiger partial charge in [-0.2, -0.15) is 0 Å². The van der Waals surface area contributed by atoms with Crippen molar-refractivity contribution in [3.63, 3.8) is 0 Å². The highest BCUT2D eigenvalue weighted by molar-refractivity contribution is 6.33. The molecule has 21 rings (SSSR count). The van der Waals surface area contributed by atoms with E-state index >= 15 is 0 Å². The topological polar surface area (TPSA) is 570 Å². The van der Waals surface area contributed by atoms with Gasteiger partial charge in [-0.25, -0.2) is 0 Å². The Morgan fingerprint density at radius 1 is 0.275 bits per heavy atom. The summed E-state index contributed by atoms with van der Waals surface area (Å²) in [5.41, 5.74) is 111. The minimum atomic E-state index is 0.267. The number of fused-ring (bicyclic) bond motifs is 33. The Morgan fingerprint density at radius 2 is 0.575 bits per heavy atom. The molecule has 9 N–H and O–H groups in total. The summed E-state index contributed by atoms with van der Waals surface area (Å²) in [6.07, 6.45) is 11.6. The van der Waals surface area contributed by atoms with Crippen LogP contribution < -0.4 is 16.0 Å². The third-order valence-electron chi connectivity index (χ3n) is 22.1. The van der Waals surface area contributed by atoms with Crippen molar-refractivity contribution in [2.75, 3.05) is 16.0 Å². The smallest absolute Gasteiger partial charge is 0.0587 e. The molecule has 6 aromatic heterocycles. The van der Waals surface area contributed by atoms with Gasteiger partial charge in [0.1, 0.15) is 0 Å². The molecular formula is C84H54N36. The van der Waals surface area contributed by atoms with Gasteiger partial charge < -0.3 is 45.9 Å². The van der Waals surface area contributed by atoms with E-state index < -0.39 is 0 Å². The zero-order valence-corrected chi connectivity index (χ0v) is 62.4. The van der Waals surface area contributed by atoms with Crippen LogP contribution in [0, 0.1) is 0 Å². The first-order valence-corrected chi connectivity index (χ1v) is 37.2. The van der Waals surface area contributed by atoms with E-state index in [-0.39, 0.29) is 13.1 Å². The predicted octanol–water partition coefficient (Wildman–Crippen LogP) is 28.9. The Kier molecular flexibility index (Phi) is 18.1. The van der Waals surface area contributed by atoms with E-state index in [0.29, 0.717) is 42.9 Å². The second kappa shape index (κ2) is 30.1. The number of aromatic amines is 6. The van der Waals surface area contributed by atoms with Crippen LogP contribution in [-0.4, -0.2) is 29.9 Å². The van der Waals surface area contributed by atoms with Crippen LogP contribution in [0.4, 0.5) is 51.2 Å². The molecule has 0 aliphatic carbocycles. The molecule has 18 aromatic rings. The molecule has 3 aliphatic heterocycles. The summed E-state index contributed by atoms with van der Waals surface area (Å²) in [7, 11) is 0. The molecule has 0 bridgehead atoms. The van der Waals surface area contributed by atoms with Crippen molar-refractivity contribution < 1.29 is 0 Å². The van der Waals surface area contributed by atoms with E-state index in [9.17, 15) is 0 Å². The third kappa shape index (κ3) is 12.5. The van der Waals surface area contributed by atoms with Gasteiger partial charge in [0.05, 0.1) is 69.8 Å². The average Bonchev–Trinajstić information content (AvgIpc) is 1.55. The Morgan fingerprint density at radius 3 is 1.00 bits per heavy atom. The lowest BCUT2D eigenvalue weighted by Gasteiger charge is -2.24. The standard InChI is InChI=1S/C31H20N12.C28H20N12.C25H14N12/c32-41-35-10-7-17-1-4-24-20(13-17)16-23-29(38-24)27-22-15-19(9-12-37-43-34)3-6-26(22)40-31(27)28-21-14-18(8-11-36-42-33)2-5-25(21)39-30(23)28;29-38-32-11-14-1-4-21-17(7-14)10-20-26(35-21)24-19-9-16(13-34-40-31)3-6-23(19)37-28(24)25-18-8-15(12-33-39-30)2-5-22(18)36-27(20)25;26-35-32-12-1-4-18-11(7-12)8-17-23(29-18)21-16-10-14(34-37-28)3-6-20(16)31-25(21)22-15-9-13(33-36-27)2-5-19(15)30-24(17)22/h1-15,38-40H,16H2;1-9,35-37H,10-13H2;1-7,9-10,29-31H,8H2/b10-7+,11-8+,12-9+;;. The Hall–Kier alpha value is -18.2. The SMILES string of the molecule is [N-]=[N+]=N/C=C/c1ccc2c(c1)Cc1c(c3c4cc(/C=C/N=[N+]=[N-])ccc4[nH]c3c3c1[nH]c1ccc(/C=C/N=[N+]=[N-])cc13)N2.[N-]=[N+]=NCc1ccc2c(c1)Cc1c(c3c4cc(CN=[N+]=[N-])ccc4[nH]c3c3c1[nH]c1ccc(CN=[N+]=[N-])cc13)N2.[N-]=[N+]=Nc1ccc2c(c1)Cc1c(c3c4cc(N=[N+]=[N-])ccc4[nH]c3c3c1[nH]c1ccc(N=[N+]=[N-])cc13)N2. The molecule has 36 nitrogen and oxygen atoms in total. The largest absolute Gasteiger partial charge is 0.354 e. The van der Waals surface area contributed by atoms with Crippen molar-refractivity contribution in [3.8, 4) is 0 Å². The van der Waals surface area contributed by atoms with Crippen LogP contribution in [0.1, 0.15) is 66.8 Å². The summed E-state index contributed by atoms with van der Waals surface area (Å²) < 4.78 is 0. The van der Waals surface area contributed by atoms with Gasteiger partial charge in [-0.1, -0.05) is 125 Å². The molecule has 0 saturated heterocycles. The van der Waals surface area contributed by atoms with Crippen LogP contribution in [0.2, 0.25) is 0 Å². The van der Waals surface area contributed by atoms with Gasteiger partial charge in [-0.3, -0.25) is 0 Å². The van der Waals surface area contributed by atoms with Crippen LogP contribution in [0.5, 0.6) is 0 Å². The lowest BCUT2D eigenvalue weighted by atomic mass is 9.91. The molecule has 120 heavy (non-hydrogen) atoms. The highest BCUT2D eigenvalue weighted by Crippen LogP contribution is 2.53. The summed E-state index contributed by atoms with van der Waals surface area (Å²) in [6, 6.07) is 53.3. The van der Waals surface area contributed by atoms with Gasteiger partial charge in [0, 0.05) is 231 Å². The fraction of sp³-hybridized carbons (Fsp3) is 0.0714. The number of nitrogens with zero attached hydrogens (tertiary/aromatic N) is 27. The maximum atomic E-state index is 8.99. The second-order valence-electron chi connectivity index (χ2n) is 28.6. The van der Waals surface area contributed by atoms with Crippen LogP contribution in [0.3, 0.4) is 0 Å². The van der Waals surface area contributed by atoms with Crippen molar-refractivity contribution in [1.29, 1.82) is 0 Å². The van der Waals surface area contributed by atoms with Crippen molar-refractivity contribution >= 4 is 200 Å². The van der Waals surface area contributed by atoms with Gasteiger partial charge in [-0.15, -0.1) is 0 Å². The first kappa shape index (κ1) is 72.1. The normalized spacial score (nSPS) is 12.1.